The molecule has 1 N–H and O–H groups in total. The third-order valence-corrected chi connectivity index (χ3v) is 2.80. The lowest BCUT2D eigenvalue weighted by Crippen LogP contribution is -2.53. The van der Waals surface area contributed by atoms with E-state index in [1.54, 1.807) is 4.90 Å². The van der Waals surface area contributed by atoms with Crippen LogP contribution >= 0.6 is 0 Å². The van der Waals surface area contributed by atoms with Gasteiger partial charge in [-0.1, -0.05) is 20.3 Å². The molecule has 0 spiro atoms. The van der Waals surface area contributed by atoms with Crippen LogP contribution in [0.1, 0.15) is 26.7 Å². The van der Waals surface area contributed by atoms with Crippen molar-refractivity contribution in [1.29, 1.82) is 0 Å². The molecule has 4 heteroatoms. The number of aliphatic carboxylic acids is 1. The molecule has 0 radical (unpaired) electrons. The highest BCUT2D eigenvalue weighted by molar-refractivity contribution is 5.81. The van der Waals surface area contributed by atoms with Gasteiger partial charge in [0, 0.05) is 19.5 Å². The largest absolute Gasteiger partial charge is 0.481 e. The van der Waals surface area contributed by atoms with Crippen LogP contribution in [0.15, 0.2) is 0 Å². The Morgan fingerprint density at radius 3 is 2.50 bits per heavy atom. The van der Waals surface area contributed by atoms with E-state index in [9.17, 15) is 9.59 Å². The van der Waals surface area contributed by atoms with Gasteiger partial charge in [0.25, 0.3) is 0 Å². The molecule has 0 unspecified atom stereocenters. The average Bonchev–Trinajstić information content (AvgIpc) is 2.00. The van der Waals surface area contributed by atoms with Crippen molar-refractivity contribution in [2.45, 2.75) is 26.7 Å². The molecule has 1 heterocycles. The monoisotopic (exact) mass is 199 g/mol. The van der Waals surface area contributed by atoms with Gasteiger partial charge in [0.2, 0.25) is 5.91 Å². The van der Waals surface area contributed by atoms with Crippen molar-refractivity contribution < 1.29 is 14.7 Å². The van der Waals surface area contributed by atoms with E-state index >= 15 is 0 Å². The third-order valence-electron chi connectivity index (χ3n) is 2.80. The van der Waals surface area contributed by atoms with E-state index in [1.807, 2.05) is 13.8 Å². The minimum Gasteiger partial charge on any atom is -0.481 e. The van der Waals surface area contributed by atoms with Crippen LogP contribution in [0, 0.1) is 11.8 Å². The van der Waals surface area contributed by atoms with Gasteiger partial charge < -0.3 is 10.0 Å². The molecule has 1 fully saturated rings. The maximum absolute atomic E-state index is 11.5. The zero-order valence-electron chi connectivity index (χ0n) is 8.69. The summed E-state index contributed by atoms with van der Waals surface area (Å²) in [5.74, 6) is -0.642. The molecule has 1 saturated heterocycles. The number of carbonyl (C=O) groups excluding carboxylic acids is 1. The van der Waals surface area contributed by atoms with Crippen LogP contribution in [0.2, 0.25) is 0 Å². The Labute approximate surface area is 83.9 Å². The van der Waals surface area contributed by atoms with Crippen molar-refractivity contribution in [3.63, 3.8) is 0 Å². The molecule has 0 aromatic rings. The summed E-state index contributed by atoms with van der Waals surface area (Å²) < 4.78 is 0. The van der Waals surface area contributed by atoms with Gasteiger partial charge in [-0.3, -0.25) is 9.59 Å². The van der Waals surface area contributed by atoms with E-state index in [0.717, 1.165) is 6.42 Å². The maximum atomic E-state index is 11.5. The second-order valence-electron chi connectivity index (χ2n) is 4.05. The summed E-state index contributed by atoms with van der Waals surface area (Å²) in [5, 5.41) is 8.62. The number of carbonyl (C=O) groups is 2. The molecule has 0 aromatic heterocycles. The predicted octanol–water partition coefficient (Wildman–Crippen LogP) is 0.966. The van der Waals surface area contributed by atoms with Crippen LogP contribution in [0.25, 0.3) is 0 Å². The molecular weight excluding hydrogens is 182 g/mol. The second-order valence-corrected chi connectivity index (χ2v) is 4.05. The fourth-order valence-corrected chi connectivity index (χ4v) is 1.41. The van der Waals surface area contributed by atoms with Gasteiger partial charge in [0.05, 0.1) is 5.92 Å². The molecular formula is C10H17NO3. The van der Waals surface area contributed by atoms with E-state index in [0.29, 0.717) is 25.4 Å². The summed E-state index contributed by atoms with van der Waals surface area (Å²) >= 11 is 0. The van der Waals surface area contributed by atoms with Gasteiger partial charge >= 0.3 is 5.97 Å². The Kier molecular flexibility index (Phi) is 3.49. The summed E-state index contributed by atoms with van der Waals surface area (Å²) in [7, 11) is 0. The molecule has 0 aliphatic carbocycles. The van der Waals surface area contributed by atoms with Crippen molar-refractivity contribution in [1.82, 2.24) is 4.90 Å². The number of rotatable bonds is 4. The molecule has 80 valence electrons. The lowest BCUT2D eigenvalue weighted by Gasteiger charge is -2.37. The lowest BCUT2D eigenvalue weighted by atomic mass is 9.97. The molecule has 0 aromatic carbocycles. The first-order chi connectivity index (χ1) is 6.54. The first-order valence-corrected chi connectivity index (χ1v) is 5.05. The van der Waals surface area contributed by atoms with Gasteiger partial charge in [-0.25, -0.2) is 0 Å². The zero-order valence-corrected chi connectivity index (χ0v) is 8.69. The van der Waals surface area contributed by atoms with Gasteiger partial charge in [-0.15, -0.1) is 0 Å². The molecule has 0 saturated carbocycles. The van der Waals surface area contributed by atoms with E-state index in [2.05, 4.69) is 0 Å². The molecule has 1 rings (SSSR count). The highest BCUT2D eigenvalue weighted by Gasteiger charge is 2.35. The predicted molar refractivity (Wildman–Crippen MR) is 51.8 cm³/mol. The van der Waals surface area contributed by atoms with E-state index in [4.69, 9.17) is 5.11 Å². The smallest absolute Gasteiger partial charge is 0.310 e. The van der Waals surface area contributed by atoms with Crippen LogP contribution < -0.4 is 0 Å². The number of hydrogen-bond donors (Lipinski definition) is 1. The summed E-state index contributed by atoms with van der Waals surface area (Å²) in [4.78, 5) is 23.6. The summed E-state index contributed by atoms with van der Waals surface area (Å²) in [5.41, 5.74) is 0. The highest BCUT2D eigenvalue weighted by Crippen LogP contribution is 2.19. The van der Waals surface area contributed by atoms with Gasteiger partial charge in [-0.05, 0) is 5.92 Å². The van der Waals surface area contributed by atoms with E-state index in [1.165, 1.54) is 0 Å². The molecule has 1 aliphatic heterocycles. The first kappa shape index (κ1) is 11.0. The number of carboxylic acid groups (broad SMARTS) is 1. The van der Waals surface area contributed by atoms with Crippen molar-refractivity contribution >= 4 is 11.9 Å². The van der Waals surface area contributed by atoms with Crippen LogP contribution in [-0.4, -0.2) is 35.0 Å². The van der Waals surface area contributed by atoms with E-state index < -0.39 is 5.97 Å². The molecule has 0 bridgehead atoms. The third kappa shape index (κ3) is 2.47. The number of hydrogen-bond acceptors (Lipinski definition) is 2. The summed E-state index contributed by atoms with van der Waals surface area (Å²) in [6.07, 6.45) is 1.53. The molecule has 1 atom stereocenters. The number of nitrogens with zero attached hydrogens (tertiary/aromatic N) is 1. The average molecular weight is 199 g/mol. The fourth-order valence-electron chi connectivity index (χ4n) is 1.41. The summed E-state index contributed by atoms with van der Waals surface area (Å²) in [6, 6.07) is 0. The Bertz CT molecular complexity index is 234. The maximum Gasteiger partial charge on any atom is 0.310 e. The Morgan fingerprint density at radius 1 is 1.50 bits per heavy atom. The van der Waals surface area contributed by atoms with Gasteiger partial charge in [-0.2, -0.15) is 0 Å². The van der Waals surface area contributed by atoms with Crippen molar-refractivity contribution in [2.75, 3.05) is 13.1 Å². The molecule has 1 amide bonds. The lowest BCUT2D eigenvalue weighted by molar-refractivity contribution is -0.153. The zero-order chi connectivity index (χ0) is 10.7. The number of likely N-dealkylation sites (tertiary alicyclic amines) is 1. The van der Waals surface area contributed by atoms with Crippen LogP contribution in [0.4, 0.5) is 0 Å². The fraction of sp³-hybridized carbons (Fsp3) is 0.800. The topological polar surface area (TPSA) is 57.6 Å². The molecule has 14 heavy (non-hydrogen) atoms. The highest BCUT2D eigenvalue weighted by atomic mass is 16.4. The van der Waals surface area contributed by atoms with E-state index in [-0.39, 0.29) is 11.8 Å². The van der Waals surface area contributed by atoms with Crippen molar-refractivity contribution in [3.05, 3.63) is 0 Å². The van der Waals surface area contributed by atoms with Crippen molar-refractivity contribution in [2.24, 2.45) is 11.8 Å². The van der Waals surface area contributed by atoms with Crippen LogP contribution in [0.3, 0.4) is 0 Å². The van der Waals surface area contributed by atoms with Crippen molar-refractivity contribution in [3.8, 4) is 0 Å². The minimum atomic E-state index is -0.794. The Morgan fingerprint density at radius 2 is 2.07 bits per heavy atom. The second kappa shape index (κ2) is 4.44. The van der Waals surface area contributed by atoms with Crippen LogP contribution in [-0.2, 0) is 9.59 Å². The number of amides is 1. The minimum absolute atomic E-state index is 0.0943. The molecule has 4 nitrogen and oxygen atoms in total. The first-order valence-electron chi connectivity index (χ1n) is 5.05. The molecule has 1 aliphatic rings. The Hall–Kier alpha value is -1.06. The standard InChI is InChI=1S/C10H17NO3/c1-3-7(2)4-9(12)11-5-8(6-11)10(13)14/h7-8H,3-6H2,1-2H3,(H,13,14)/t7-/m1/s1. The number of carboxylic acids is 1. The Balaban J connectivity index is 2.26. The van der Waals surface area contributed by atoms with Crippen LogP contribution in [0.5, 0.6) is 0 Å². The quantitative estimate of drug-likeness (QED) is 0.733. The van der Waals surface area contributed by atoms with Gasteiger partial charge in [0.1, 0.15) is 0 Å². The van der Waals surface area contributed by atoms with Gasteiger partial charge in [0.15, 0.2) is 0 Å². The SMILES string of the molecule is CC[C@@H](C)CC(=O)N1CC(C(=O)O)C1. The summed E-state index contributed by atoms with van der Waals surface area (Å²) in [6.45, 7) is 4.87. The normalized spacial score (nSPS) is 18.9.